The van der Waals surface area contributed by atoms with Crippen LogP contribution in [0, 0.1) is 0 Å². The van der Waals surface area contributed by atoms with Crippen LogP contribution in [0.25, 0.3) is 67.5 Å². The molecule has 0 atom stereocenters. The number of benzene rings is 6. The molecule has 1 aliphatic heterocycles. The van der Waals surface area contributed by atoms with Gasteiger partial charge in [0.2, 0.25) is 0 Å². The smallest absolute Gasteiger partial charge is 0.164 e. The van der Waals surface area contributed by atoms with Crippen LogP contribution in [0.2, 0.25) is 13.1 Å². The van der Waals surface area contributed by atoms with Gasteiger partial charge in [-0.15, -0.1) is 0 Å². The maximum absolute atomic E-state index is 5.05. The molecular weight excluding hydrogens is 563 g/mol. The zero-order valence-electron chi connectivity index (χ0n) is 25.3. The van der Waals surface area contributed by atoms with Crippen LogP contribution in [-0.2, 0) is 0 Å². The molecule has 6 aromatic carbocycles. The second-order valence-corrected chi connectivity index (χ2v) is 16.5. The molecule has 3 nitrogen and oxygen atoms in total. The summed E-state index contributed by atoms with van der Waals surface area (Å²) in [7, 11) is -1.74. The Balaban J connectivity index is 1.18. The second-order valence-electron chi connectivity index (χ2n) is 12.1. The molecule has 0 N–H and O–H groups in total. The molecule has 1 aromatic heterocycles. The van der Waals surface area contributed by atoms with Gasteiger partial charge in [0, 0.05) is 16.7 Å². The molecule has 0 bridgehead atoms. The largest absolute Gasteiger partial charge is 0.208 e. The van der Waals surface area contributed by atoms with E-state index in [9.17, 15) is 0 Å². The lowest BCUT2D eigenvalue weighted by molar-refractivity contribution is 1.07. The molecule has 0 aliphatic carbocycles. The number of nitrogens with zero attached hydrogens (tertiary/aromatic N) is 3. The molecule has 0 unspecified atom stereocenters. The zero-order valence-corrected chi connectivity index (χ0v) is 26.3. The predicted molar refractivity (Wildman–Crippen MR) is 189 cm³/mol. The Hall–Kier alpha value is -5.45. The first-order valence-corrected chi connectivity index (χ1v) is 18.4. The van der Waals surface area contributed by atoms with Gasteiger partial charge in [-0.3, -0.25) is 0 Å². The fourth-order valence-electron chi connectivity index (χ4n) is 6.51. The van der Waals surface area contributed by atoms with Crippen molar-refractivity contribution in [3.05, 3.63) is 152 Å². The van der Waals surface area contributed by atoms with E-state index >= 15 is 0 Å². The second kappa shape index (κ2) is 10.9. The summed E-state index contributed by atoms with van der Waals surface area (Å²) < 4.78 is 0. The first-order valence-electron chi connectivity index (χ1n) is 15.4. The van der Waals surface area contributed by atoms with Gasteiger partial charge in [0.25, 0.3) is 0 Å². The molecule has 0 fully saturated rings. The van der Waals surface area contributed by atoms with E-state index < -0.39 is 8.07 Å². The Morgan fingerprint density at radius 2 is 0.711 bits per heavy atom. The number of hydrogen-bond donors (Lipinski definition) is 0. The Bertz CT molecular complexity index is 2160. The SMILES string of the molecule is C[Si]1(C)c2ccccc2-c2cc(-c3nc(-c4ccccc4)nc(-c4ccc(-c5ccc(-c6ccccc6)cc5)cc4)n3)ccc21. The van der Waals surface area contributed by atoms with Crippen molar-refractivity contribution >= 4 is 18.4 Å². The Kier molecular flexibility index (Phi) is 6.58. The average Bonchev–Trinajstić information content (AvgIpc) is 3.34. The number of aromatic nitrogens is 3. The molecular formula is C41H31N3Si. The van der Waals surface area contributed by atoms with E-state index in [1.54, 1.807) is 0 Å². The number of fused-ring (bicyclic) bond motifs is 3. The summed E-state index contributed by atoms with van der Waals surface area (Å²) in [4.78, 5) is 15.0. The minimum Gasteiger partial charge on any atom is -0.208 e. The topological polar surface area (TPSA) is 38.7 Å². The highest BCUT2D eigenvalue weighted by Crippen LogP contribution is 2.33. The Morgan fingerprint density at radius 3 is 1.29 bits per heavy atom. The third kappa shape index (κ3) is 4.90. The molecule has 4 heteroatoms. The molecule has 8 rings (SSSR count). The maximum atomic E-state index is 5.05. The minimum absolute atomic E-state index is 0.667. The molecule has 214 valence electrons. The van der Waals surface area contributed by atoms with Crippen molar-refractivity contribution in [3.63, 3.8) is 0 Å². The summed E-state index contributed by atoms with van der Waals surface area (Å²) in [6, 6.07) is 53.5. The van der Waals surface area contributed by atoms with Crippen molar-refractivity contribution in [3.8, 4) is 67.5 Å². The van der Waals surface area contributed by atoms with Crippen molar-refractivity contribution in [1.29, 1.82) is 0 Å². The van der Waals surface area contributed by atoms with Crippen LogP contribution < -0.4 is 10.4 Å². The van der Waals surface area contributed by atoms with Gasteiger partial charge in [0.05, 0.1) is 0 Å². The summed E-state index contributed by atoms with van der Waals surface area (Å²) in [5.74, 6) is 2.03. The number of rotatable bonds is 5. The van der Waals surface area contributed by atoms with E-state index in [4.69, 9.17) is 15.0 Å². The van der Waals surface area contributed by atoms with Crippen LogP contribution in [0.1, 0.15) is 0 Å². The molecule has 2 heterocycles. The molecule has 0 amide bonds. The van der Waals surface area contributed by atoms with Crippen LogP contribution in [-0.4, -0.2) is 23.0 Å². The third-order valence-corrected chi connectivity index (χ3v) is 12.5. The van der Waals surface area contributed by atoms with Crippen molar-refractivity contribution < 1.29 is 0 Å². The summed E-state index contributed by atoms with van der Waals surface area (Å²) in [6.07, 6.45) is 0. The standard InChI is InChI=1S/C41H31N3Si/c1-45(2)37-16-10-9-15-35(37)36-27-34(25-26-38(36)45)41-43-39(32-13-7-4-8-14-32)42-40(44-41)33-23-21-31(22-24-33)30-19-17-29(18-20-30)28-11-5-3-6-12-28/h3-27H,1-2H3. The molecule has 0 spiro atoms. The lowest BCUT2D eigenvalue weighted by Gasteiger charge is -2.18. The van der Waals surface area contributed by atoms with Gasteiger partial charge in [-0.2, -0.15) is 0 Å². The van der Waals surface area contributed by atoms with E-state index in [1.807, 2.05) is 24.3 Å². The van der Waals surface area contributed by atoms with Crippen molar-refractivity contribution in [2.75, 3.05) is 0 Å². The normalized spacial score (nSPS) is 12.8. The molecule has 0 saturated heterocycles. The highest BCUT2D eigenvalue weighted by atomic mass is 28.3. The quantitative estimate of drug-likeness (QED) is 0.187. The zero-order chi connectivity index (χ0) is 30.4. The fraction of sp³-hybridized carbons (Fsp3) is 0.0488. The van der Waals surface area contributed by atoms with E-state index in [0.717, 1.165) is 22.3 Å². The number of hydrogen-bond acceptors (Lipinski definition) is 3. The van der Waals surface area contributed by atoms with Crippen LogP contribution in [0.4, 0.5) is 0 Å². The van der Waals surface area contributed by atoms with Crippen molar-refractivity contribution in [1.82, 2.24) is 15.0 Å². The van der Waals surface area contributed by atoms with Crippen LogP contribution >= 0.6 is 0 Å². The van der Waals surface area contributed by atoms with E-state index in [1.165, 1.54) is 38.2 Å². The lowest BCUT2D eigenvalue weighted by Crippen LogP contribution is -2.49. The Morgan fingerprint density at radius 1 is 0.333 bits per heavy atom. The first kappa shape index (κ1) is 27.1. The summed E-state index contributed by atoms with van der Waals surface area (Å²) in [5, 5.41) is 2.96. The molecule has 7 aromatic rings. The van der Waals surface area contributed by atoms with Gasteiger partial charge in [-0.05, 0) is 49.8 Å². The predicted octanol–water partition coefficient (Wildman–Crippen LogP) is 9.01. The molecule has 0 saturated carbocycles. The van der Waals surface area contributed by atoms with Gasteiger partial charge < -0.3 is 0 Å². The van der Waals surface area contributed by atoms with Gasteiger partial charge >= 0.3 is 0 Å². The van der Waals surface area contributed by atoms with Crippen LogP contribution in [0.3, 0.4) is 0 Å². The summed E-state index contributed by atoms with van der Waals surface area (Å²) in [5.41, 5.74) is 10.3. The molecule has 45 heavy (non-hydrogen) atoms. The molecule has 0 radical (unpaired) electrons. The van der Waals surface area contributed by atoms with E-state index in [-0.39, 0.29) is 0 Å². The van der Waals surface area contributed by atoms with Gasteiger partial charge in [0.1, 0.15) is 8.07 Å². The van der Waals surface area contributed by atoms with Gasteiger partial charge in [-0.1, -0.05) is 159 Å². The highest BCUT2D eigenvalue weighted by molar-refractivity contribution is 7.03. The fourth-order valence-corrected chi connectivity index (χ4v) is 9.58. The lowest BCUT2D eigenvalue weighted by atomic mass is 9.99. The Labute approximate surface area is 265 Å². The van der Waals surface area contributed by atoms with Crippen LogP contribution in [0.5, 0.6) is 0 Å². The first-order chi connectivity index (χ1) is 22.0. The average molecular weight is 594 g/mol. The van der Waals surface area contributed by atoms with Crippen LogP contribution in [0.15, 0.2) is 152 Å². The van der Waals surface area contributed by atoms with E-state index in [2.05, 4.69) is 140 Å². The van der Waals surface area contributed by atoms with Gasteiger partial charge in [0.15, 0.2) is 17.5 Å². The highest BCUT2D eigenvalue weighted by Gasteiger charge is 2.37. The molecule has 1 aliphatic rings. The maximum Gasteiger partial charge on any atom is 0.164 e. The third-order valence-electron chi connectivity index (χ3n) is 8.98. The van der Waals surface area contributed by atoms with Crippen molar-refractivity contribution in [2.45, 2.75) is 13.1 Å². The van der Waals surface area contributed by atoms with Gasteiger partial charge in [-0.25, -0.2) is 15.0 Å². The monoisotopic (exact) mass is 593 g/mol. The van der Waals surface area contributed by atoms with Crippen molar-refractivity contribution in [2.24, 2.45) is 0 Å². The minimum atomic E-state index is -1.74. The summed E-state index contributed by atoms with van der Waals surface area (Å²) in [6.45, 7) is 4.88. The van der Waals surface area contributed by atoms with E-state index in [0.29, 0.717) is 17.5 Å². The summed E-state index contributed by atoms with van der Waals surface area (Å²) >= 11 is 0.